The number of nitrogens with two attached hydrogens (primary N) is 1. The van der Waals surface area contributed by atoms with E-state index in [9.17, 15) is 4.79 Å². The van der Waals surface area contributed by atoms with Gasteiger partial charge in [0, 0.05) is 13.1 Å². The lowest BCUT2D eigenvalue weighted by Gasteiger charge is -2.03. The Morgan fingerprint density at radius 1 is 1.17 bits per heavy atom. The Morgan fingerprint density at radius 3 is 2.57 bits per heavy atom. The molecule has 2 aromatic heterocycles. The number of hydrogen-bond acceptors (Lipinski definition) is 4. The Kier molecular flexibility index (Phi) is 6.21. The number of aromatic nitrogens is 4. The summed E-state index contributed by atoms with van der Waals surface area (Å²) in [7, 11) is 0. The number of fused-ring (bicyclic) bond motifs is 1. The molecule has 6 nitrogen and oxygen atoms in total. The van der Waals surface area contributed by atoms with Gasteiger partial charge in [0.05, 0.1) is 0 Å². The lowest BCUT2D eigenvalue weighted by Crippen LogP contribution is -2.24. The fraction of sp³-hybridized carbons (Fsp3) is 0.562. The normalized spacial score (nSPS) is 11.2. The second-order valence-electron chi connectivity index (χ2n) is 5.65. The smallest absolute Gasteiger partial charge is 0.330 e. The highest BCUT2D eigenvalue weighted by atomic mass is 35.5. The fourth-order valence-corrected chi connectivity index (χ4v) is 3.01. The summed E-state index contributed by atoms with van der Waals surface area (Å²) in [5.41, 5.74) is 6.57. The molecule has 23 heavy (non-hydrogen) atoms. The van der Waals surface area contributed by atoms with E-state index in [1.165, 1.54) is 25.7 Å². The Bertz CT molecular complexity index is 734. The van der Waals surface area contributed by atoms with E-state index in [0.717, 1.165) is 12.8 Å². The van der Waals surface area contributed by atoms with Gasteiger partial charge in [0.1, 0.15) is 5.52 Å². The quantitative estimate of drug-likeness (QED) is 0.432. The first-order valence-electron chi connectivity index (χ1n) is 8.13. The van der Waals surface area contributed by atoms with Crippen molar-refractivity contribution < 1.29 is 0 Å². The van der Waals surface area contributed by atoms with E-state index in [-0.39, 0.29) is 16.8 Å². The van der Waals surface area contributed by atoms with Crippen molar-refractivity contribution in [2.75, 3.05) is 5.73 Å². The van der Waals surface area contributed by atoms with Gasteiger partial charge in [-0.3, -0.25) is 9.13 Å². The van der Waals surface area contributed by atoms with Gasteiger partial charge in [-0.2, -0.15) is 9.97 Å². The Balaban J connectivity index is 2.26. The molecule has 0 saturated carbocycles. The molecule has 0 radical (unpaired) electrons. The van der Waals surface area contributed by atoms with E-state index in [1.807, 2.05) is 0 Å². The van der Waals surface area contributed by atoms with E-state index < -0.39 is 0 Å². The third kappa shape index (κ3) is 3.93. The Labute approximate surface area is 141 Å². The molecule has 2 heterocycles. The molecule has 0 fully saturated rings. The monoisotopic (exact) mass is 337 g/mol. The van der Waals surface area contributed by atoms with Crippen molar-refractivity contribution in [3.8, 4) is 0 Å². The van der Waals surface area contributed by atoms with Gasteiger partial charge < -0.3 is 5.73 Å². The molecule has 7 heteroatoms. The number of imidazole rings is 1. The van der Waals surface area contributed by atoms with Gasteiger partial charge in [-0.1, -0.05) is 56.7 Å². The lowest BCUT2D eigenvalue weighted by atomic mass is 10.1. The van der Waals surface area contributed by atoms with Crippen molar-refractivity contribution in [3.05, 3.63) is 28.3 Å². The minimum absolute atomic E-state index is 0.0787. The molecule has 0 unspecified atom stereocenters. The summed E-state index contributed by atoms with van der Waals surface area (Å²) in [6.45, 7) is 6.86. The molecular weight excluding hydrogens is 314 g/mol. The SMILES string of the molecule is C=CCn1c(=O)n(CCCCCCCC)c2nc(N)nc(Cl)c21. The van der Waals surface area contributed by atoms with Crippen LogP contribution in [0.2, 0.25) is 5.15 Å². The summed E-state index contributed by atoms with van der Waals surface area (Å²) >= 11 is 6.17. The van der Waals surface area contributed by atoms with E-state index in [4.69, 9.17) is 17.3 Å². The molecular formula is C16H24ClN5O. The number of anilines is 1. The first-order valence-corrected chi connectivity index (χ1v) is 8.50. The minimum Gasteiger partial charge on any atom is -0.368 e. The van der Waals surface area contributed by atoms with Gasteiger partial charge in [0.15, 0.2) is 10.8 Å². The van der Waals surface area contributed by atoms with Gasteiger partial charge in [-0.15, -0.1) is 6.58 Å². The molecule has 0 aliphatic carbocycles. The second-order valence-corrected chi connectivity index (χ2v) is 6.00. The molecule has 0 spiro atoms. The van der Waals surface area contributed by atoms with Crippen LogP contribution >= 0.6 is 11.6 Å². The largest absolute Gasteiger partial charge is 0.368 e. The number of allylic oxidation sites excluding steroid dienone is 1. The van der Waals surface area contributed by atoms with Crippen molar-refractivity contribution in [3.63, 3.8) is 0 Å². The van der Waals surface area contributed by atoms with Crippen LogP contribution in [0.15, 0.2) is 17.4 Å². The molecule has 0 amide bonds. The molecule has 0 aliphatic rings. The van der Waals surface area contributed by atoms with Gasteiger partial charge in [-0.05, 0) is 6.42 Å². The maximum atomic E-state index is 12.6. The highest BCUT2D eigenvalue weighted by Gasteiger charge is 2.18. The van der Waals surface area contributed by atoms with Crippen LogP contribution in [-0.4, -0.2) is 19.1 Å². The average Bonchev–Trinajstić information content (AvgIpc) is 2.76. The predicted molar refractivity (Wildman–Crippen MR) is 94.8 cm³/mol. The zero-order chi connectivity index (χ0) is 16.8. The van der Waals surface area contributed by atoms with E-state index in [2.05, 4.69) is 23.5 Å². The maximum Gasteiger partial charge on any atom is 0.330 e. The van der Waals surface area contributed by atoms with Crippen molar-refractivity contribution >= 4 is 28.7 Å². The zero-order valence-corrected chi connectivity index (χ0v) is 14.3. The number of nitrogen functional groups attached to an aromatic ring is 1. The van der Waals surface area contributed by atoms with Crippen LogP contribution in [-0.2, 0) is 13.1 Å². The minimum atomic E-state index is -0.143. The van der Waals surface area contributed by atoms with Crippen LogP contribution in [0.3, 0.4) is 0 Å². The van der Waals surface area contributed by atoms with Crippen molar-refractivity contribution in [2.24, 2.45) is 0 Å². The van der Waals surface area contributed by atoms with Gasteiger partial charge in [0.2, 0.25) is 5.95 Å². The highest BCUT2D eigenvalue weighted by molar-refractivity contribution is 6.33. The van der Waals surface area contributed by atoms with E-state index in [1.54, 1.807) is 15.2 Å². The zero-order valence-electron chi connectivity index (χ0n) is 13.6. The number of rotatable bonds is 9. The standard InChI is InChI=1S/C16H24ClN5O/c1-3-5-6-7-8-9-11-22-14-12(13(17)19-15(18)20-14)21(10-4-2)16(22)23/h4H,2-3,5-11H2,1H3,(H2,18,19,20). The van der Waals surface area contributed by atoms with Crippen LogP contribution in [0.1, 0.15) is 45.4 Å². The van der Waals surface area contributed by atoms with Crippen LogP contribution in [0.4, 0.5) is 5.95 Å². The lowest BCUT2D eigenvalue weighted by molar-refractivity contribution is 0.549. The molecule has 0 aromatic carbocycles. The number of hydrogen-bond donors (Lipinski definition) is 1. The van der Waals surface area contributed by atoms with E-state index in [0.29, 0.717) is 24.3 Å². The number of halogens is 1. The topological polar surface area (TPSA) is 78.7 Å². The molecule has 2 N–H and O–H groups in total. The first kappa shape index (κ1) is 17.5. The molecule has 0 aliphatic heterocycles. The summed E-state index contributed by atoms with van der Waals surface area (Å²) in [6.07, 6.45) is 8.59. The van der Waals surface area contributed by atoms with Gasteiger partial charge in [-0.25, -0.2) is 4.79 Å². The molecule has 126 valence electrons. The molecule has 0 saturated heterocycles. The number of nitrogens with zero attached hydrogens (tertiary/aromatic N) is 4. The van der Waals surface area contributed by atoms with Crippen LogP contribution in [0.5, 0.6) is 0 Å². The first-order chi connectivity index (χ1) is 11.1. The average molecular weight is 338 g/mol. The summed E-state index contributed by atoms with van der Waals surface area (Å²) in [4.78, 5) is 20.8. The highest BCUT2D eigenvalue weighted by Crippen LogP contribution is 2.21. The molecule has 0 atom stereocenters. The third-order valence-corrected chi connectivity index (χ3v) is 4.14. The predicted octanol–water partition coefficient (Wildman–Crippen LogP) is 3.38. The number of aryl methyl sites for hydroxylation is 1. The molecule has 2 rings (SSSR count). The summed E-state index contributed by atoms with van der Waals surface area (Å²) < 4.78 is 3.18. The van der Waals surface area contributed by atoms with Gasteiger partial charge >= 0.3 is 5.69 Å². The summed E-state index contributed by atoms with van der Waals surface area (Å²) in [6, 6.07) is 0. The van der Waals surface area contributed by atoms with E-state index >= 15 is 0 Å². The fourth-order valence-electron chi connectivity index (χ4n) is 2.73. The number of unbranched alkanes of at least 4 members (excludes halogenated alkanes) is 5. The van der Waals surface area contributed by atoms with Crippen LogP contribution < -0.4 is 11.4 Å². The van der Waals surface area contributed by atoms with Crippen LogP contribution in [0.25, 0.3) is 11.2 Å². The summed E-state index contributed by atoms with van der Waals surface area (Å²) in [5, 5.41) is 0.202. The van der Waals surface area contributed by atoms with Crippen molar-refractivity contribution in [1.29, 1.82) is 0 Å². The molecule has 2 aromatic rings. The Morgan fingerprint density at radius 2 is 1.87 bits per heavy atom. The third-order valence-electron chi connectivity index (χ3n) is 3.87. The maximum absolute atomic E-state index is 12.6. The van der Waals surface area contributed by atoms with Crippen molar-refractivity contribution in [2.45, 2.75) is 58.5 Å². The van der Waals surface area contributed by atoms with Crippen LogP contribution in [0, 0.1) is 0 Å². The second kappa shape index (κ2) is 8.15. The Hall–Kier alpha value is -1.82. The molecule has 0 bridgehead atoms. The van der Waals surface area contributed by atoms with Gasteiger partial charge in [0.25, 0.3) is 0 Å². The summed E-state index contributed by atoms with van der Waals surface area (Å²) in [5.74, 6) is 0.0787. The van der Waals surface area contributed by atoms with Crippen molar-refractivity contribution in [1.82, 2.24) is 19.1 Å².